The van der Waals surface area contributed by atoms with Gasteiger partial charge in [-0.05, 0) is 24.0 Å². The summed E-state index contributed by atoms with van der Waals surface area (Å²) in [5, 5.41) is 6.93. The summed E-state index contributed by atoms with van der Waals surface area (Å²) in [7, 11) is -4.57. The molecular weight excluding hydrogens is 280 g/mol. The van der Waals surface area contributed by atoms with Gasteiger partial charge in [-0.25, -0.2) is 0 Å². The van der Waals surface area contributed by atoms with Gasteiger partial charge in [-0.1, -0.05) is 24.3 Å². The highest BCUT2D eigenvalue weighted by Crippen LogP contribution is 2.13. The quantitative estimate of drug-likeness (QED) is 0.615. The summed E-state index contributed by atoms with van der Waals surface area (Å²) in [5.41, 5.74) is 1.71. The molecule has 0 aliphatic heterocycles. The number of benzene rings is 1. The molecule has 1 aromatic rings. The summed E-state index contributed by atoms with van der Waals surface area (Å²) in [6.07, 6.45) is 0.0771. The van der Waals surface area contributed by atoms with Gasteiger partial charge in [0, 0.05) is 5.88 Å². The van der Waals surface area contributed by atoms with E-state index in [-0.39, 0.29) is 12.8 Å². The Morgan fingerprint density at radius 2 is 1.72 bits per heavy atom. The maximum absolute atomic E-state index is 10.9. The number of aryl methyl sites for hydroxylation is 1. The van der Waals surface area contributed by atoms with Crippen molar-refractivity contribution >= 4 is 27.7 Å². The lowest BCUT2D eigenvalue weighted by Crippen LogP contribution is -2.30. The molecule has 0 aliphatic carbocycles. The molecule has 18 heavy (non-hydrogen) atoms. The zero-order valence-corrected chi connectivity index (χ0v) is 11.0. The minimum Gasteiger partial charge on any atom is -0.480 e. The number of carboxylic acid groups (broad SMARTS) is 1. The SMILES string of the molecule is O=C(O)C(CCc1ccc(CCl)cc1)S(=O)(=O)O. The Bertz CT molecular complexity index is 509. The number of carboxylic acids is 1. The number of carbonyl (C=O) groups is 1. The number of halogens is 1. The third-order valence-corrected chi connectivity index (χ3v) is 3.97. The van der Waals surface area contributed by atoms with Crippen LogP contribution in [0.5, 0.6) is 0 Å². The van der Waals surface area contributed by atoms with Crippen molar-refractivity contribution in [2.75, 3.05) is 0 Å². The van der Waals surface area contributed by atoms with E-state index in [1.165, 1.54) is 0 Å². The first kappa shape index (κ1) is 14.9. The van der Waals surface area contributed by atoms with Crippen LogP contribution in [0.3, 0.4) is 0 Å². The van der Waals surface area contributed by atoms with Crippen LogP contribution in [-0.2, 0) is 27.2 Å². The highest BCUT2D eigenvalue weighted by atomic mass is 35.5. The third kappa shape index (κ3) is 4.29. The second kappa shape index (κ2) is 6.17. The van der Waals surface area contributed by atoms with Crippen molar-refractivity contribution in [3.05, 3.63) is 35.4 Å². The second-order valence-corrected chi connectivity index (χ2v) is 5.70. The van der Waals surface area contributed by atoms with Crippen molar-refractivity contribution in [1.29, 1.82) is 0 Å². The molecule has 0 fully saturated rings. The molecule has 1 rings (SSSR count). The standard InChI is InChI=1S/C11H13ClO5S/c12-7-9-3-1-8(2-4-9)5-6-10(11(13)14)18(15,16)17/h1-4,10H,5-7H2,(H,13,14)(H,15,16,17). The van der Waals surface area contributed by atoms with E-state index in [9.17, 15) is 13.2 Å². The number of hydrogen-bond donors (Lipinski definition) is 2. The average molecular weight is 293 g/mol. The molecule has 0 heterocycles. The molecule has 100 valence electrons. The molecule has 0 bridgehead atoms. The lowest BCUT2D eigenvalue weighted by atomic mass is 10.1. The highest BCUT2D eigenvalue weighted by molar-refractivity contribution is 7.87. The molecule has 0 amide bonds. The number of alkyl halides is 1. The van der Waals surface area contributed by atoms with E-state index in [4.69, 9.17) is 21.3 Å². The van der Waals surface area contributed by atoms with Gasteiger partial charge < -0.3 is 5.11 Å². The Morgan fingerprint density at radius 1 is 1.22 bits per heavy atom. The van der Waals surface area contributed by atoms with Gasteiger partial charge >= 0.3 is 5.97 Å². The third-order valence-electron chi connectivity index (χ3n) is 2.51. The summed E-state index contributed by atoms with van der Waals surface area (Å²) >= 11 is 5.62. The minimum atomic E-state index is -4.57. The molecule has 2 N–H and O–H groups in total. The Hall–Kier alpha value is -1.11. The van der Waals surface area contributed by atoms with E-state index in [0.717, 1.165) is 11.1 Å². The lowest BCUT2D eigenvalue weighted by molar-refractivity contribution is -0.136. The highest BCUT2D eigenvalue weighted by Gasteiger charge is 2.30. The molecule has 0 radical (unpaired) electrons. The van der Waals surface area contributed by atoms with Crippen LogP contribution < -0.4 is 0 Å². The molecule has 0 aliphatic rings. The lowest BCUT2D eigenvalue weighted by Gasteiger charge is -2.09. The van der Waals surface area contributed by atoms with Crippen molar-refractivity contribution in [1.82, 2.24) is 0 Å². The monoisotopic (exact) mass is 292 g/mol. The molecule has 1 aromatic carbocycles. The van der Waals surface area contributed by atoms with E-state index in [1.54, 1.807) is 24.3 Å². The first-order valence-electron chi connectivity index (χ1n) is 5.17. The average Bonchev–Trinajstić information content (AvgIpc) is 2.28. The molecule has 1 unspecified atom stereocenters. The van der Waals surface area contributed by atoms with Crippen LogP contribution in [0.1, 0.15) is 17.5 Å². The maximum atomic E-state index is 10.9. The smallest absolute Gasteiger partial charge is 0.324 e. The molecule has 7 heteroatoms. The van der Waals surface area contributed by atoms with Crippen LogP contribution in [0, 0.1) is 0 Å². The van der Waals surface area contributed by atoms with E-state index >= 15 is 0 Å². The molecule has 0 saturated heterocycles. The Balaban J connectivity index is 2.70. The van der Waals surface area contributed by atoms with E-state index in [1.807, 2.05) is 0 Å². The van der Waals surface area contributed by atoms with Crippen molar-refractivity contribution in [3.8, 4) is 0 Å². The molecule has 5 nitrogen and oxygen atoms in total. The van der Waals surface area contributed by atoms with Crippen LogP contribution in [0.2, 0.25) is 0 Å². The normalized spacial score (nSPS) is 13.2. The van der Waals surface area contributed by atoms with Crippen LogP contribution in [-0.4, -0.2) is 29.3 Å². The van der Waals surface area contributed by atoms with Gasteiger partial charge in [-0.3, -0.25) is 9.35 Å². The summed E-state index contributed by atoms with van der Waals surface area (Å²) in [6.45, 7) is 0. The second-order valence-electron chi connectivity index (χ2n) is 3.83. The molecular formula is C11H13ClO5S. The zero-order valence-electron chi connectivity index (χ0n) is 9.41. The van der Waals surface area contributed by atoms with E-state index in [0.29, 0.717) is 5.88 Å². The zero-order chi connectivity index (χ0) is 13.8. The summed E-state index contributed by atoms with van der Waals surface area (Å²) < 4.78 is 30.5. The topological polar surface area (TPSA) is 91.7 Å². The molecule has 0 saturated carbocycles. The fraction of sp³-hybridized carbons (Fsp3) is 0.364. The fourth-order valence-electron chi connectivity index (χ4n) is 1.49. The van der Waals surface area contributed by atoms with E-state index in [2.05, 4.69) is 0 Å². The van der Waals surface area contributed by atoms with Gasteiger partial charge in [-0.15, -0.1) is 11.6 Å². The van der Waals surface area contributed by atoms with Crippen LogP contribution in [0.4, 0.5) is 0 Å². The summed E-state index contributed by atoms with van der Waals surface area (Å²) in [4.78, 5) is 10.7. The summed E-state index contributed by atoms with van der Waals surface area (Å²) in [5.74, 6) is -1.17. The number of rotatable bonds is 6. The Kier molecular flexibility index (Phi) is 5.13. The van der Waals surface area contributed by atoms with Crippen LogP contribution >= 0.6 is 11.6 Å². The van der Waals surface area contributed by atoms with Crippen LogP contribution in [0.15, 0.2) is 24.3 Å². The number of hydrogen-bond acceptors (Lipinski definition) is 3. The van der Waals surface area contributed by atoms with Gasteiger partial charge in [0.15, 0.2) is 5.25 Å². The molecule has 0 aromatic heterocycles. The van der Waals surface area contributed by atoms with Crippen molar-refractivity contribution < 1.29 is 22.9 Å². The van der Waals surface area contributed by atoms with Crippen molar-refractivity contribution in [2.45, 2.75) is 24.0 Å². The largest absolute Gasteiger partial charge is 0.480 e. The maximum Gasteiger partial charge on any atom is 0.324 e. The first-order valence-corrected chi connectivity index (χ1v) is 7.21. The Morgan fingerprint density at radius 3 is 2.11 bits per heavy atom. The predicted molar refractivity (Wildman–Crippen MR) is 67.3 cm³/mol. The fourth-order valence-corrected chi connectivity index (χ4v) is 2.34. The predicted octanol–water partition coefficient (Wildman–Crippen LogP) is 1.70. The minimum absolute atomic E-state index is 0.172. The van der Waals surface area contributed by atoms with Crippen LogP contribution in [0.25, 0.3) is 0 Å². The van der Waals surface area contributed by atoms with Gasteiger partial charge in [-0.2, -0.15) is 8.42 Å². The van der Waals surface area contributed by atoms with Gasteiger partial charge in [0.2, 0.25) is 0 Å². The van der Waals surface area contributed by atoms with Gasteiger partial charge in [0.05, 0.1) is 0 Å². The molecule has 1 atom stereocenters. The van der Waals surface area contributed by atoms with Gasteiger partial charge in [0.25, 0.3) is 10.1 Å². The van der Waals surface area contributed by atoms with E-state index < -0.39 is 21.3 Å². The number of aliphatic carboxylic acids is 1. The van der Waals surface area contributed by atoms with Crippen molar-refractivity contribution in [2.24, 2.45) is 0 Å². The Labute approximate surface area is 110 Å². The van der Waals surface area contributed by atoms with Crippen molar-refractivity contribution in [3.63, 3.8) is 0 Å². The summed E-state index contributed by atoms with van der Waals surface area (Å²) in [6, 6.07) is 7.07. The van der Waals surface area contributed by atoms with Gasteiger partial charge in [0.1, 0.15) is 0 Å². The first-order chi connectivity index (χ1) is 8.34. The molecule has 0 spiro atoms.